The molecule has 1 aliphatic rings. The molecule has 3 heteroatoms. The van der Waals surface area contributed by atoms with E-state index in [4.69, 9.17) is 4.74 Å². The van der Waals surface area contributed by atoms with Crippen LogP contribution >= 0.6 is 0 Å². The van der Waals surface area contributed by atoms with Gasteiger partial charge in [-0.25, -0.2) is 0 Å². The molecule has 1 heterocycles. The Morgan fingerprint density at radius 2 is 1.52 bits per heavy atom. The molecule has 25 heavy (non-hydrogen) atoms. The molecule has 0 aliphatic carbocycles. The van der Waals surface area contributed by atoms with Gasteiger partial charge in [-0.3, -0.25) is 4.79 Å². The van der Waals surface area contributed by atoms with Gasteiger partial charge in [0.25, 0.3) is 0 Å². The summed E-state index contributed by atoms with van der Waals surface area (Å²) in [4.78, 5) is 13.5. The van der Waals surface area contributed by atoms with Crippen LogP contribution in [0.25, 0.3) is 0 Å². The zero-order valence-electron chi connectivity index (χ0n) is 14.9. The molecule has 3 nitrogen and oxygen atoms in total. The summed E-state index contributed by atoms with van der Waals surface area (Å²) in [5.74, 6) is 0.270. The van der Waals surface area contributed by atoms with E-state index >= 15 is 0 Å². The van der Waals surface area contributed by atoms with Gasteiger partial charge in [-0.1, -0.05) is 60.7 Å². The lowest BCUT2D eigenvalue weighted by Crippen LogP contribution is -2.38. The first-order valence-corrected chi connectivity index (χ1v) is 9.19. The highest BCUT2D eigenvalue weighted by molar-refractivity contribution is 5.75. The number of benzene rings is 2. The van der Waals surface area contributed by atoms with Gasteiger partial charge in [-0.15, -0.1) is 0 Å². The van der Waals surface area contributed by atoms with Crippen LogP contribution in [-0.2, 0) is 9.53 Å². The van der Waals surface area contributed by atoms with Crippen LogP contribution in [-0.4, -0.2) is 36.4 Å². The largest absolute Gasteiger partial charge is 0.365 e. The van der Waals surface area contributed by atoms with Gasteiger partial charge in [0.05, 0.1) is 6.10 Å². The minimum absolute atomic E-state index is 0.0174. The van der Waals surface area contributed by atoms with Crippen molar-refractivity contribution in [2.24, 2.45) is 0 Å². The summed E-state index contributed by atoms with van der Waals surface area (Å²) in [5, 5.41) is 0. The van der Waals surface area contributed by atoms with Crippen molar-refractivity contribution < 1.29 is 9.53 Å². The molecule has 0 N–H and O–H groups in total. The zero-order chi connectivity index (χ0) is 17.5. The minimum atomic E-state index is -0.0174. The number of piperidine rings is 1. The first-order valence-electron chi connectivity index (χ1n) is 9.19. The van der Waals surface area contributed by atoms with Gasteiger partial charge in [-0.05, 0) is 30.9 Å². The van der Waals surface area contributed by atoms with Gasteiger partial charge in [-0.2, -0.15) is 0 Å². The third-order valence-corrected chi connectivity index (χ3v) is 4.85. The van der Waals surface area contributed by atoms with E-state index in [-0.39, 0.29) is 18.0 Å². The molecule has 1 fully saturated rings. The van der Waals surface area contributed by atoms with Crippen molar-refractivity contribution in [2.45, 2.75) is 38.4 Å². The molecule has 0 unspecified atom stereocenters. The molecule has 1 aliphatic heterocycles. The lowest BCUT2D eigenvalue weighted by molar-refractivity contribution is -0.117. The zero-order valence-corrected chi connectivity index (χ0v) is 14.9. The number of carbonyl (C=O) groups excluding carboxylic acids is 1. The van der Waals surface area contributed by atoms with Crippen molar-refractivity contribution >= 4 is 5.78 Å². The monoisotopic (exact) mass is 337 g/mol. The fourth-order valence-corrected chi connectivity index (χ4v) is 3.38. The van der Waals surface area contributed by atoms with Crippen LogP contribution in [0.1, 0.15) is 43.4 Å². The molecule has 0 atom stereocenters. The number of ketones is 1. The van der Waals surface area contributed by atoms with Crippen LogP contribution in [0.4, 0.5) is 0 Å². The second kappa shape index (κ2) is 8.93. The Morgan fingerprint density at radius 3 is 2.00 bits per heavy atom. The van der Waals surface area contributed by atoms with E-state index in [2.05, 4.69) is 53.4 Å². The molecular weight excluding hydrogens is 310 g/mol. The quantitative estimate of drug-likeness (QED) is 0.757. The van der Waals surface area contributed by atoms with Gasteiger partial charge < -0.3 is 9.64 Å². The molecular formula is C22H27NO2. The second-order valence-corrected chi connectivity index (χ2v) is 6.83. The summed E-state index contributed by atoms with van der Waals surface area (Å²) in [6.45, 7) is 4.56. The van der Waals surface area contributed by atoms with E-state index in [0.717, 1.165) is 32.5 Å². The third-order valence-electron chi connectivity index (χ3n) is 4.85. The van der Waals surface area contributed by atoms with E-state index in [0.29, 0.717) is 6.42 Å². The van der Waals surface area contributed by atoms with Gasteiger partial charge in [0.2, 0.25) is 0 Å². The normalized spacial score (nSPS) is 16.2. The van der Waals surface area contributed by atoms with Crippen molar-refractivity contribution in [2.75, 3.05) is 19.6 Å². The number of hydrogen-bond acceptors (Lipinski definition) is 3. The Bertz CT molecular complexity index is 609. The van der Waals surface area contributed by atoms with Gasteiger partial charge in [0, 0.05) is 26.1 Å². The lowest BCUT2D eigenvalue weighted by Gasteiger charge is -2.34. The average Bonchev–Trinajstić information content (AvgIpc) is 2.67. The summed E-state index contributed by atoms with van der Waals surface area (Å²) in [6, 6.07) is 20.9. The Hall–Kier alpha value is -1.97. The van der Waals surface area contributed by atoms with Gasteiger partial charge in [0.1, 0.15) is 11.9 Å². The first-order chi connectivity index (χ1) is 12.2. The topological polar surface area (TPSA) is 29.5 Å². The number of hydrogen-bond donors (Lipinski definition) is 0. The summed E-state index contributed by atoms with van der Waals surface area (Å²) in [6.07, 6.45) is 2.94. The fourth-order valence-electron chi connectivity index (χ4n) is 3.38. The van der Waals surface area contributed by atoms with Gasteiger partial charge in [0.15, 0.2) is 0 Å². The van der Waals surface area contributed by atoms with Crippen LogP contribution in [0, 0.1) is 0 Å². The summed E-state index contributed by atoms with van der Waals surface area (Å²) in [7, 11) is 0. The predicted octanol–water partition coefficient (Wildman–Crippen LogP) is 4.24. The summed E-state index contributed by atoms with van der Waals surface area (Å²) >= 11 is 0. The highest BCUT2D eigenvalue weighted by Gasteiger charge is 2.24. The third kappa shape index (κ3) is 5.25. The van der Waals surface area contributed by atoms with Crippen LogP contribution in [0.3, 0.4) is 0 Å². The van der Waals surface area contributed by atoms with Crippen molar-refractivity contribution in [1.29, 1.82) is 0 Å². The maximum absolute atomic E-state index is 11.2. The second-order valence-electron chi connectivity index (χ2n) is 6.83. The fraction of sp³-hybridized carbons (Fsp3) is 0.409. The molecule has 1 saturated heterocycles. The van der Waals surface area contributed by atoms with Crippen molar-refractivity contribution in [3.8, 4) is 0 Å². The average molecular weight is 337 g/mol. The Labute approximate surface area is 150 Å². The molecule has 132 valence electrons. The van der Waals surface area contributed by atoms with Gasteiger partial charge >= 0.3 is 0 Å². The Kier molecular flexibility index (Phi) is 6.37. The molecule has 0 bridgehead atoms. The first kappa shape index (κ1) is 17.8. The van der Waals surface area contributed by atoms with E-state index in [9.17, 15) is 4.79 Å². The molecule has 0 saturated carbocycles. The standard InChI is InChI=1S/C22H27NO2/c1-18(24)12-15-23-16-13-21(14-17-23)25-22(19-8-4-2-5-9-19)20-10-6-3-7-11-20/h2-11,21-22H,12-17H2,1H3. The SMILES string of the molecule is CC(=O)CCN1CCC(OC(c2ccccc2)c2ccccc2)CC1. The molecule has 2 aromatic rings. The van der Waals surface area contributed by atoms with E-state index in [1.54, 1.807) is 6.92 Å². The number of ether oxygens (including phenoxy) is 1. The number of carbonyl (C=O) groups is 1. The van der Waals surface area contributed by atoms with Crippen LogP contribution in [0.2, 0.25) is 0 Å². The van der Waals surface area contributed by atoms with E-state index in [1.807, 2.05) is 12.1 Å². The van der Waals surface area contributed by atoms with E-state index < -0.39 is 0 Å². The van der Waals surface area contributed by atoms with Crippen molar-refractivity contribution in [3.05, 3.63) is 71.8 Å². The van der Waals surface area contributed by atoms with Crippen LogP contribution in [0.5, 0.6) is 0 Å². The molecule has 3 rings (SSSR count). The Balaban J connectivity index is 1.63. The Morgan fingerprint density at radius 1 is 1.00 bits per heavy atom. The predicted molar refractivity (Wildman–Crippen MR) is 101 cm³/mol. The van der Waals surface area contributed by atoms with Crippen molar-refractivity contribution in [3.63, 3.8) is 0 Å². The maximum Gasteiger partial charge on any atom is 0.131 e. The van der Waals surface area contributed by atoms with E-state index in [1.165, 1.54) is 11.1 Å². The highest BCUT2D eigenvalue weighted by atomic mass is 16.5. The highest BCUT2D eigenvalue weighted by Crippen LogP contribution is 2.29. The lowest BCUT2D eigenvalue weighted by atomic mass is 10.00. The number of Topliss-reactive ketones (excluding diaryl/α,β-unsaturated/α-hetero) is 1. The molecule has 0 amide bonds. The molecule has 0 spiro atoms. The summed E-state index contributed by atoms with van der Waals surface area (Å²) in [5.41, 5.74) is 2.40. The smallest absolute Gasteiger partial charge is 0.131 e. The van der Waals surface area contributed by atoms with Crippen molar-refractivity contribution in [1.82, 2.24) is 4.90 Å². The van der Waals surface area contributed by atoms with Crippen LogP contribution in [0.15, 0.2) is 60.7 Å². The number of rotatable bonds is 7. The minimum Gasteiger partial charge on any atom is -0.365 e. The van der Waals surface area contributed by atoms with Crippen LogP contribution < -0.4 is 0 Å². The molecule has 2 aromatic carbocycles. The molecule has 0 aromatic heterocycles. The maximum atomic E-state index is 11.2. The number of likely N-dealkylation sites (tertiary alicyclic amines) is 1. The molecule has 0 radical (unpaired) electrons. The summed E-state index contributed by atoms with van der Waals surface area (Å²) < 4.78 is 6.54. The number of nitrogens with zero attached hydrogens (tertiary/aromatic N) is 1.